The lowest BCUT2D eigenvalue weighted by molar-refractivity contribution is -0.107. The van der Waals surface area contributed by atoms with Crippen LogP contribution in [0.3, 0.4) is 0 Å². The first-order chi connectivity index (χ1) is 12.3. The Morgan fingerprint density at radius 2 is 1.24 bits per heavy atom. The summed E-state index contributed by atoms with van der Waals surface area (Å²) in [4.78, 5) is 10.4. The number of rotatable bonds is 17. The average molecular weight is 373 g/mol. The molecule has 1 atom stereocenters. The molecular weight excluding hydrogens is 332 g/mol. The number of alkyl halides is 1. The van der Waals surface area contributed by atoms with Crippen molar-refractivity contribution in [3.05, 3.63) is 0 Å². The van der Waals surface area contributed by atoms with Crippen LogP contribution >= 0.6 is 11.6 Å². The minimum atomic E-state index is -0.265. The zero-order chi connectivity index (χ0) is 18.0. The summed E-state index contributed by atoms with van der Waals surface area (Å²) in [5, 5.41) is -0.265. The van der Waals surface area contributed by atoms with Gasteiger partial charge in [0.1, 0.15) is 6.29 Å². The van der Waals surface area contributed by atoms with Gasteiger partial charge in [-0.2, -0.15) is 0 Å². The predicted octanol–water partition coefficient (Wildman–Crippen LogP) is 7.21. The summed E-state index contributed by atoms with van der Waals surface area (Å²) >= 11 is 5.78. The van der Waals surface area contributed by atoms with Crippen molar-refractivity contribution < 1.29 is 9.53 Å². The van der Waals surface area contributed by atoms with E-state index in [9.17, 15) is 4.79 Å². The number of carbonyl (C=O) groups excluding carboxylic acids is 1. The van der Waals surface area contributed by atoms with Crippen molar-refractivity contribution in [2.24, 2.45) is 0 Å². The number of unbranched alkanes of at least 4 members (excludes halogenated alkanes) is 11. The first-order valence-electron chi connectivity index (χ1n) is 11.0. The van der Waals surface area contributed by atoms with Gasteiger partial charge in [0.25, 0.3) is 0 Å². The molecule has 0 heterocycles. The third kappa shape index (κ3) is 14.7. The normalized spacial score (nSPS) is 16.8. The van der Waals surface area contributed by atoms with E-state index in [-0.39, 0.29) is 5.38 Å². The number of carbonyl (C=O) groups is 1. The molecule has 0 aromatic carbocycles. The third-order valence-electron chi connectivity index (χ3n) is 5.43. The molecule has 2 nitrogen and oxygen atoms in total. The van der Waals surface area contributed by atoms with Crippen molar-refractivity contribution in [3.8, 4) is 0 Å². The van der Waals surface area contributed by atoms with Gasteiger partial charge < -0.3 is 9.53 Å². The number of hydrogen-bond donors (Lipinski definition) is 0. The van der Waals surface area contributed by atoms with Gasteiger partial charge in [-0.05, 0) is 25.7 Å². The first-order valence-corrected chi connectivity index (χ1v) is 11.5. The van der Waals surface area contributed by atoms with Crippen LogP contribution in [0.1, 0.15) is 116 Å². The average Bonchev–Trinajstić information content (AvgIpc) is 2.65. The molecule has 1 unspecified atom stereocenters. The maximum Gasteiger partial charge on any atom is 0.137 e. The van der Waals surface area contributed by atoms with Crippen molar-refractivity contribution >= 4 is 17.9 Å². The van der Waals surface area contributed by atoms with E-state index in [1.54, 1.807) is 0 Å². The van der Waals surface area contributed by atoms with Crippen LogP contribution in [-0.2, 0) is 9.53 Å². The fraction of sp³-hybridized carbons (Fsp3) is 0.955. The van der Waals surface area contributed by atoms with Crippen LogP contribution in [0.4, 0.5) is 0 Å². The van der Waals surface area contributed by atoms with Gasteiger partial charge in [0.2, 0.25) is 0 Å². The summed E-state index contributed by atoms with van der Waals surface area (Å²) in [6.45, 7) is 0.988. The lowest BCUT2D eigenvalue weighted by atomic mass is 9.98. The number of hydrogen-bond acceptors (Lipinski definition) is 2. The van der Waals surface area contributed by atoms with Gasteiger partial charge in [0.05, 0.1) is 11.5 Å². The summed E-state index contributed by atoms with van der Waals surface area (Å²) in [6.07, 6.45) is 24.9. The van der Waals surface area contributed by atoms with E-state index in [1.165, 1.54) is 103 Å². The third-order valence-corrected chi connectivity index (χ3v) is 5.75. The molecule has 0 aliphatic heterocycles. The Morgan fingerprint density at radius 3 is 1.76 bits per heavy atom. The Morgan fingerprint density at radius 1 is 0.760 bits per heavy atom. The molecule has 148 valence electrons. The van der Waals surface area contributed by atoms with E-state index in [0.717, 1.165) is 25.7 Å². The highest BCUT2D eigenvalue weighted by molar-refractivity contribution is 6.27. The molecule has 0 aromatic heterocycles. The highest BCUT2D eigenvalue weighted by atomic mass is 35.5. The van der Waals surface area contributed by atoms with E-state index in [2.05, 4.69) is 0 Å². The van der Waals surface area contributed by atoms with Crippen LogP contribution in [0.5, 0.6) is 0 Å². The smallest absolute Gasteiger partial charge is 0.137 e. The summed E-state index contributed by atoms with van der Waals surface area (Å²) in [5.74, 6) is 0. The molecule has 1 aliphatic carbocycles. The maximum absolute atomic E-state index is 10.4. The molecule has 1 fully saturated rings. The fourth-order valence-corrected chi connectivity index (χ4v) is 3.91. The van der Waals surface area contributed by atoms with Gasteiger partial charge in [-0.1, -0.05) is 89.9 Å². The maximum atomic E-state index is 10.4. The molecular formula is C22H41ClO2. The van der Waals surface area contributed by atoms with Crippen LogP contribution in [0, 0.1) is 0 Å². The molecule has 1 aliphatic rings. The van der Waals surface area contributed by atoms with Crippen LogP contribution in [0.25, 0.3) is 0 Å². The minimum Gasteiger partial charge on any atom is -0.378 e. The molecule has 1 rings (SSSR count). The van der Waals surface area contributed by atoms with Gasteiger partial charge in [-0.25, -0.2) is 0 Å². The topological polar surface area (TPSA) is 26.3 Å². The molecule has 0 saturated heterocycles. The monoisotopic (exact) mass is 372 g/mol. The molecule has 25 heavy (non-hydrogen) atoms. The van der Waals surface area contributed by atoms with E-state index >= 15 is 0 Å². The first kappa shape index (κ1) is 23.0. The van der Waals surface area contributed by atoms with Crippen molar-refractivity contribution in [1.82, 2.24) is 0 Å². The molecule has 1 saturated carbocycles. The van der Waals surface area contributed by atoms with E-state index < -0.39 is 0 Å². The standard InChI is InChI=1S/C22H41ClO2/c23-21(20-24)16-12-9-7-5-3-1-2-4-6-8-10-15-19-25-22-17-13-11-14-18-22/h20-22H,1-19H2. The minimum absolute atomic E-state index is 0.265. The second-order valence-corrected chi connectivity index (χ2v) is 8.37. The van der Waals surface area contributed by atoms with Crippen LogP contribution < -0.4 is 0 Å². The molecule has 3 heteroatoms. The number of aldehydes is 1. The van der Waals surface area contributed by atoms with Gasteiger partial charge >= 0.3 is 0 Å². The summed E-state index contributed by atoms with van der Waals surface area (Å²) < 4.78 is 5.98. The van der Waals surface area contributed by atoms with E-state index in [1.807, 2.05) is 0 Å². The zero-order valence-corrected chi connectivity index (χ0v) is 17.1. The second-order valence-electron chi connectivity index (χ2n) is 7.81. The van der Waals surface area contributed by atoms with Crippen molar-refractivity contribution in [3.63, 3.8) is 0 Å². The molecule has 0 bridgehead atoms. The Bertz CT molecular complexity index is 290. The summed E-state index contributed by atoms with van der Waals surface area (Å²) in [7, 11) is 0. The van der Waals surface area contributed by atoms with Gasteiger partial charge in [-0.3, -0.25) is 0 Å². The quantitative estimate of drug-likeness (QED) is 0.153. The van der Waals surface area contributed by atoms with Gasteiger partial charge in [0, 0.05) is 6.61 Å². The van der Waals surface area contributed by atoms with Gasteiger partial charge in [0.15, 0.2) is 0 Å². The van der Waals surface area contributed by atoms with Crippen molar-refractivity contribution in [1.29, 1.82) is 0 Å². The largest absolute Gasteiger partial charge is 0.378 e. The molecule has 0 spiro atoms. The summed E-state index contributed by atoms with van der Waals surface area (Å²) in [5.41, 5.74) is 0. The summed E-state index contributed by atoms with van der Waals surface area (Å²) in [6, 6.07) is 0. The van der Waals surface area contributed by atoms with E-state index in [0.29, 0.717) is 6.10 Å². The Balaban J connectivity index is 1.68. The van der Waals surface area contributed by atoms with Crippen LogP contribution in [0.15, 0.2) is 0 Å². The Hall–Kier alpha value is -0.0800. The van der Waals surface area contributed by atoms with E-state index in [4.69, 9.17) is 16.3 Å². The fourth-order valence-electron chi connectivity index (χ4n) is 3.76. The molecule has 0 N–H and O–H groups in total. The van der Waals surface area contributed by atoms with Crippen molar-refractivity contribution in [2.45, 2.75) is 127 Å². The highest BCUT2D eigenvalue weighted by Gasteiger charge is 2.12. The molecule has 0 radical (unpaired) electrons. The predicted molar refractivity (Wildman–Crippen MR) is 109 cm³/mol. The Labute approximate surface area is 161 Å². The van der Waals surface area contributed by atoms with Crippen LogP contribution in [-0.4, -0.2) is 24.4 Å². The highest BCUT2D eigenvalue weighted by Crippen LogP contribution is 2.20. The van der Waals surface area contributed by atoms with Gasteiger partial charge in [-0.15, -0.1) is 11.6 Å². The lowest BCUT2D eigenvalue weighted by Gasteiger charge is -2.21. The lowest BCUT2D eigenvalue weighted by Crippen LogP contribution is -2.17. The molecule has 0 amide bonds. The SMILES string of the molecule is O=CC(Cl)CCCCCCCCCCCCCCOC1CCCCC1. The number of halogens is 1. The Kier molecular flexibility index (Phi) is 15.9. The number of ether oxygens (including phenoxy) is 1. The van der Waals surface area contributed by atoms with Crippen molar-refractivity contribution in [2.75, 3.05) is 6.61 Å². The second kappa shape index (κ2) is 17.3. The zero-order valence-electron chi connectivity index (χ0n) is 16.4. The van der Waals surface area contributed by atoms with Crippen LogP contribution in [0.2, 0.25) is 0 Å². The molecule has 0 aromatic rings.